The Kier molecular flexibility index (Phi) is 10.6. The van der Waals surface area contributed by atoms with E-state index in [4.69, 9.17) is 0 Å². The number of aryl methyl sites for hydroxylation is 4. The zero-order chi connectivity index (χ0) is 31.9. The Bertz CT molecular complexity index is 1690. The van der Waals surface area contributed by atoms with E-state index in [9.17, 15) is 18.0 Å². The van der Waals surface area contributed by atoms with Crippen LogP contribution < -0.4 is 9.62 Å². The van der Waals surface area contributed by atoms with Gasteiger partial charge in [-0.15, -0.1) is 0 Å². The Morgan fingerprint density at radius 1 is 0.750 bits per heavy atom. The normalized spacial score (nSPS) is 11.9. The summed E-state index contributed by atoms with van der Waals surface area (Å²) >= 11 is 0. The second-order valence-electron chi connectivity index (χ2n) is 11.2. The topological polar surface area (TPSA) is 86.8 Å². The van der Waals surface area contributed by atoms with Crippen LogP contribution in [0.15, 0.2) is 102 Å². The summed E-state index contributed by atoms with van der Waals surface area (Å²) < 4.78 is 29.6. The summed E-state index contributed by atoms with van der Waals surface area (Å²) in [6.07, 6.45) is 0.276. The van der Waals surface area contributed by atoms with Crippen LogP contribution in [0.25, 0.3) is 0 Å². The Hall–Kier alpha value is -4.43. The number of carbonyl (C=O) groups is 2. The van der Waals surface area contributed by atoms with Gasteiger partial charge in [0.1, 0.15) is 12.6 Å². The summed E-state index contributed by atoms with van der Waals surface area (Å²) in [7, 11) is -4.14. The molecule has 4 aromatic carbocycles. The first-order valence-electron chi connectivity index (χ1n) is 14.8. The standard InChI is InChI=1S/C36H41N3O4S/c1-6-37-36(41)34(23-30-10-8-7-9-11-30)38(24-31-17-12-26(2)13-18-31)35(40)25-39(33-21-16-28(4)22-29(33)5)44(42,43)32-19-14-27(3)15-20-32/h7-22,34H,6,23-25H2,1-5H3,(H,37,41)/t34-/m1/s1. The average molecular weight is 612 g/mol. The summed E-state index contributed by atoms with van der Waals surface area (Å²) in [6.45, 7) is 9.53. The number of nitrogens with one attached hydrogen (secondary N) is 1. The van der Waals surface area contributed by atoms with Crippen LogP contribution in [-0.2, 0) is 32.6 Å². The number of carbonyl (C=O) groups excluding carboxylic acids is 2. The fourth-order valence-electron chi connectivity index (χ4n) is 5.17. The molecule has 0 aliphatic carbocycles. The maximum Gasteiger partial charge on any atom is 0.264 e. The Morgan fingerprint density at radius 2 is 1.34 bits per heavy atom. The molecule has 0 bridgehead atoms. The molecule has 0 saturated heterocycles. The van der Waals surface area contributed by atoms with Crippen LogP contribution in [0.4, 0.5) is 5.69 Å². The first-order valence-corrected chi connectivity index (χ1v) is 16.3. The highest BCUT2D eigenvalue weighted by Crippen LogP contribution is 2.29. The van der Waals surface area contributed by atoms with Crippen molar-refractivity contribution in [1.82, 2.24) is 10.2 Å². The molecule has 230 valence electrons. The van der Waals surface area contributed by atoms with Gasteiger partial charge in [-0.25, -0.2) is 8.42 Å². The Balaban J connectivity index is 1.81. The number of sulfonamides is 1. The molecule has 4 rings (SSSR count). The maximum atomic E-state index is 14.5. The van der Waals surface area contributed by atoms with Gasteiger partial charge in [-0.2, -0.15) is 0 Å². The summed E-state index contributed by atoms with van der Waals surface area (Å²) in [4.78, 5) is 29.7. The van der Waals surface area contributed by atoms with Crippen molar-refractivity contribution >= 4 is 27.5 Å². The second-order valence-corrected chi connectivity index (χ2v) is 13.1. The van der Waals surface area contributed by atoms with Crippen molar-refractivity contribution in [3.05, 3.63) is 130 Å². The van der Waals surface area contributed by atoms with E-state index in [0.29, 0.717) is 12.2 Å². The molecule has 8 heteroatoms. The molecule has 0 saturated carbocycles. The van der Waals surface area contributed by atoms with E-state index in [1.54, 1.807) is 30.3 Å². The van der Waals surface area contributed by atoms with Gasteiger partial charge in [0.2, 0.25) is 11.8 Å². The Morgan fingerprint density at radius 3 is 1.93 bits per heavy atom. The molecule has 0 radical (unpaired) electrons. The van der Waals surface area contributed by atoms with E-state index in [0.717, 1.165) is 33.4 Å². The quantitative estimate of drug-likeness (QED) is 0.216. The molecule has 1 atom stereocenters. The molecule has 0 spiro atoms. The van der Waals surface area contributed by atoms with Gasteiger partial charge >= 0.3 is 0 Å². The van der Waals surface area contributed by atoms with Gasteiger partial charge in [0, 0.05) is 19.5 Å². The van der Waals surface area contributed by atoms with Crippen molar-refractivity contribution in [3.63, 3.8) is 0 Å². The number of hydrogen-bond acceptors (Lipinski definition) is 4. The minimum Gasteiger partial charge on any atom is -0.355 e. The van der Waals surface area contributed by atoms with Crippen LogP contribution >= 0.6 is 0 Å². The fraction of sp³-hybridized carbons (Fsp3) is 0.278. The van der Waals surface area contributed by atoms with Crippen LogP contribution in [-0.4, -0.2) is 44.3 Å². The lowest BCUT2D eigenvalue weighted by Gasteiger charge is -2.34. The molecule has 0 aromatic heterocycles. The zero-order valence-electron chi connectivity index (χ0n) is 26.1. The number of anilines is 1. The van der Waals surface area contributed by atoms with Crippen LogP contribution in [0, 0.1) is 27.7 Å². The summed E-state index contributed by atoms with van der Waals surface area (Å²) in [5, 5.41) is 2.89. The number of nitrogens with zero attached hydrogens (tertiary/aromatic N) is 2. The lowest BCUT2D eigenvalue weighted by Crippen LogP contribution is -2.53. The highest BCUT2D eigenvalue weighted by Gasteiger charge is 2.35. The summed E-state index contributed by atoms with van der Waals surface area (Å²) in [6, 6.07) is 28.5. The number of hydrogen-bond donors (Lipinski definition) is 1. The SMILES string of the molecule is CCNC(=O)[C@@H](Cc1ccccc1)N(Cc1ccc(C)cc1)C(=O)CN(c1ccc(C)cc1C)S(=O)(=O)c1ccc(C)cc1. The number of likely N-dealkylation sites (N-methyl/N-ethyl adjacent to an activating group) is 1. The first-order chi connectivity index (χ1) is 21.0. The van der Waals surface area contributed by atoms with Gasteiger partial charge in [0.25, 0.3) is 10.0 Å². The van der Waals surface area contributed by atoms with Crippen molar-refractivity contribution in [2.45, 2.75) is 58.5 Å². The molecule has 2 amide bonds. The lowest BCUT2D eigenvalue weighted by atomic mass is 10.0. The lowest BCUT2D eigenvalue weighted by molar-refractivity contribution is -0.140. The smallest absolute Gasteiger partial charge is 0.264 e. The van der Waals surface area contributed by atoms with Crippen LogP contribution in [0.3, 0.4) is 0 Å². The van der Waals surface area contributed by atoms with Gasteiger partial charge in [-0.3, -0.25) is 13.9 Å². The van der Waals surface area contributed by atoms with E-state index in [1.807, 2.05) is 101 Å². The number of amides is 2. The van der Waals surface area contributed by atoms with E-state index in [1.165, 1.54) is 9.21 Å². The molecule has 0 fully saturated rings. The average Bonchev–Trinajstić information content (AvgIpc) is 2.99. The maximum absolute atomic E-state index is 14.5. The van der Waals surface area contributed by atoms with Crippen LogP contribution in [0.2, 0.25) is 0 Å². The third kappa shape index (κ3) is 7.94. The summed E-state index contributed by atoms with van der Waals surface area (Å²) in [5.41, 5.74) is 5.84. The van der Waals surface area contributed by atoms with E-state index >= 15 is 0 Å². The van der Waals surface area contributed by atoms with E-state index in [-0.39, 0.29) is 23.8 Å². The zero-order valence-corrected chi connectivity index (χ0v) is 26.9. The highest BCUT2D eigenvalue weighted by atomic mass is 32.2. The van der Waals surface area contributed by atoms with Gasteiger partial charge < -0.3 is 10.2 Å². The molecule has 0 heterocycles. The second kappa shape index (κ2) is 14.4. The number of rotatable bonds is 12. The van der Waals surface area contributed by atoms with E-state index in [2.05, 4.69) is 5.32 Å². The molecule has 1 N–H and O–H groups in total. The fourth-order valence-corrected chi connectivity index (χ4v) is 6.65. The first kappa shape index (κ1) is 32.5. The van der Waals surface area contributed by atoms with Gasteiger partial charge in [0.05, 0.1) is 10.6 Å². The van der Waals surface area contributed by atoms with Crippen molar-refractivity contribution in [2.24, 2.45) is 0 Å². The Labute approximate surface area is 261 Å². The molecule has 7 nitrogen and oxygen atoms in total. The third-order valence-corrected chi connectivity index (χ3v) is 9.38. The van der Waals surface area contributed by atoms with Crippen LogP contribution in [0.5, 0.6) is 0 Å². The van der Waals surface area contributed by atoms with Crippen molar-refractivity contribution in [1.29, 1.82) is 0 Å². The van der Waals surface area contributed by atoms with Gasteiger partial charge in [-0.05, 0) is 69.5 Å². The molecular weight excluding hydrogens is 570 g/mol. The minimum absolute atomic E-state index is 0.0884. The largest absolute Gasteiger partial charge is 0.355 e. The number of benzene rings is 4. The monoisotopic (exact) mass is 611 g/mol. The van der Waals surface area contributed by atoms with Gasteiger partial charge in [-0.1, -0.05) is 95.6 Å². The van der Waals surface area contributed by atoms with Crippen molar-refractivity contribution in [3.8, 4) is 0 Å². The van der Waals surface area contributed by atoms with E-state index < -0.39 is 28.5 Å². The predicted octanol–water partition coefficient (Wildman–Crippen LogP) is 5.89. The molecule has 0 aliphatic heterocycles. The molecule has 0 unspecified atom stereocenters. The highest BCUT2D eigenvalue weighted by molar-refractivity contribution is 7.92. The molecule has 44 heavy (non-hydrogen) atoms. The predicted molar refractivity (Wildman–Crippen MR) is 176 cm³/mol. The molecule has 0 aliphatic rings. The molecule has 4 aromatic rings. The molecular formula is C36H41N3O4S. The van der Waals surface area contributed by atoms with Crippen molar-refractivity contribution < 1.29 is 18.0 Å². The minimum atomic E-state index is -4.14. The van der Waals surface area contributed by atoms with Crippen LogP contribution in [0.1, 0.15) is 40.3 Å². The third-order valence-electron chi connectivity index (χ3n) is 7.60. The van der Waals surface area contributed by atoms with Gasteiger partial charge in [0.15, 0.2) is 0 Å². The summed E-state index contributed by atoms with van der Waals surface area (Å²) in [5.74, 6) is -0.773. The van der Waals surface area contributed by atoms with Crippen molar-refractivity contribution in [2.75, 3.05) is 17.4 Å².